The molecule has 0 saturated heterocycles. The summed E-state index contributed by atoms with van der Waals surface area (Å²) in [5.41, 5.74) is 2.28. The van der Waals surface area contributed by atoms with Gasteiger partial charge in [-0.05, 0) is 31.7 Å². The van der Waals surface area contributed by atoms with Gasteiger partial charge in [-0.15, -0.1) is 11.3 Å². The first-order chi connectivity index (χ1) is 7.77. The van der Waals surface area contributed by atoms with Crippen molar-refractivity contribution in [1.29, 1.82) is 0 Å². The predicted octanol–water partition coefficient (Wildman–Crippen LogP) is 2.44. The van der Waals surface area contributed by atoms with E-state index in [4.69, 9.17) is 9.94 Å². The highest BCUT2D eigenvalue weighted by Gasteiger charge is 2.24. The summed E-state index contributed by atoms with van der Waals surface area (Å²) < 4.78 is 4.99. The molecule has 0 amide bonds. The third kappa shape index (κ3) is 1.82. The Bertz CT molecular complexity index is 436. The van der Waals surface area contributed by atoms with E-state index in [0.717, 1.165) is 29.7 Å². The third-order valence-electron chi connectivity index (χ3n) is 2.61. The van der Waals surface area contributed by atoms with Crippen LogP contribution < -0.4 is 0 Å². The maximum absolute atomic E-state index is 11.7. The van der Waals surface area contributed by atoms with Gasteiger partial charge < -0.3 is 9.94 Å². The molecule has 1 aromatic rings. The zero-order valence-electron chi connectivity index (χ0n) is 9.02. The van der Waals surface area contributed by atoms with E-state index in [0.29, 0.717) is 17.9 Å². The number of fused-ring (bicyclic) bond motifs is 1. The van der Waals surface area contributed by atoms with Crippen molar-refractivity contribution < 1.29 is 14.7 Å². The number of esters is 1. The third-order valence-corrected chi connectivity index (χ3v) is 3.68. The average Bonchev–Trinajstić information content (AvgIpc) is 2.72. The van der Waals surface area contributed by atoms with E-state index in [2.05, 4.69) is 5.16 Å². The first-order valence-corrected chi connectivity index (χ1v) is 6.14. The van der Waals surface area contributed by atoms with Crippen molar-refractivity contribution >= 4 is 23.0 Å². The number of oxime groups is 1. The lowest BCUT2D eigenvalue weighted by Crippen LogP contribution is -2.13. The van der Waals surface area contributed by atoms with Crippen LogP contribution in [0.2, 0.25) is 0 Å². The quantitative estimate of drug-likeness (QED) is 0.490. The Balaban J connectivity index is 2.37. The molecule has 1 aromatic heterocycles. The summed E-state index contributed by atoms with van der Waals surface area (Å²) in [6.45, 7) is 2.17. The lowest BCUT2D eigenvalue weighted by Gasteiger charge is -2.13. The van der Waals surface area contributed by atoms with E-state index in [1.54, 1.807) is 12.3 Å². The number of hydrogen-bond acceptors (Lipinski definition) is 5. The van der Waals surface area contributed by atoms with Crippen LogP contribution in [0, 0.1) is 0 Å². The fraction of sp³-hybridized carbons (Fsp3) is 0.455. The summed E-state index contributed by atoms with van der Waals surface area (Å²) in [6, 6.07) is 0. The van der Waals surface area contributed by atoms with Gasteiger partial charge in [0.2, 0.25) is 0 Å². The minimum Gasteiger partial charge on any atom is -0.462 e. The van der Waals surface area contributed by atoms with Gasteiger partial charge in [-0.25, -0.2) is 4.79 Å². The van der Waals surface area contributed by atoms with Crippen LogP contribution in [0.15, 0.2) is 10.5 Å². The molecule has 1 N–H and O–H groups in total. The van der Waals surface area contributed by atoms with Gasteiger partial charge >= 0.3 is 5.97 Å². The number of nitrogens with zero attached hydrogens (tertiary/aromatic N) is 1. The Kier molecular flexibility index (Phi) is 3.24. The Hall–Kier alpha value is -1.36. The van der Waals surface area contributed by atoms with Crippen LogP contribution in [0.3, 0.4) is 0 Å². The average molecular weight is 239 g/mol. The second kappa shape index (κ2) is 4.65. The van der Waals surface area contributed by atoms with Crippen molar-refractivity contribution in [2.75, 3.05) is 6.61 Å². The van der Waals surface area contributed by atoms with Crippen molar-refractivity contribution in [2.24, 2.45) is 5.16 Å². The van der Waals surface area contributed by atoms with Gasteiger partial charge in [-0.3, -0.25) is 0 Å². The van der Waals surface area contributed by atoms with Crippen molar-refractivity contribution in [3.05, 3.63) is 21.4 Å². The van der Waals surface area contributed by atoms with E-state index < -0.39 is 0 Å². The monoisotopic (exact) mass is 239 g/mol. The van der Waals surface area contributed by atoms with Crippen molar-refractivity contribution in [3.63, 3.8) is 0 Å². The van der Waals surface area contributed by atoms with E-state index >= 15 is 0 Å². The Labute approximate surface area is 97.5 Å². The van der Waals surface area contributed by atoms with Gasteiger partial charge in [0.05, 0.1) is 22.8 Å². The lowest BCUT2D eigenvalue weighted by atomic mass is 9.94. The molecule has 86 valence electrons. The largest absolute Gasteiger partial charge is 0.462 e. The SMILES string of the molecule is CCOC(=O)c1csc2c1CCC/C2=N/O. The summed E-state index contributed by atoms with van der Waals surface area (Å²) in [5, 5.41) is 13.9. The second-order valence-corrected chi connectivity index (χ2v) is 4.46. The number of carbonyl (C=O) groups excluding carboxylic acids is 1. The van der Waals surface area contributed by atoms with Gasteiger partial charge in [0, 0.05) is 5.38 Å². The topological polar surface area (TPSA) is 58.9 Å². The first kappa shape index (κ1) is 11.1. The molecule has 0 saturated carbocycles. The second-order valence-electron chi connectivity index (χ2n) is 3.58. The van der Waals surface area contributed by atoms with Crippen molar-refractivity contribution in [3.8, 4) is 0 Å². The molecule has 2 rings (SSSR count). The van der Waals surface area contributed by atoms with E-state index in [-0.39, 0.29) is 5.97 Å². The summed E-state index contributed by atoms with van der Waals surface area (Å²) >= 11 is 1.45. The summed E-state index contributed by atoms with van der Waals surface area (Å²) in [4.78, 5) is 12.6. The van der Waals surface area contributed by atoms with Gasteiger partial charge in [-0.2, -0.15) is 0 Å². The van der Waals surface area contributed by atoms with Crippen molar-refractivity contribution in [1.82, 2.24) is 0 Å². The van der Waals surface area contributed by atoms with Gasteiger partial charge in [0.1, 0.15) is 0 Å². The highest BCUT2D eigenvalue weighted by atomic mass is 32.1. The molecular formula is C11H13NO3S. The zero-order chi connectivity index (χ0) is 11.5. The minimum atomic E-state index is -0.279. The van der Waals surface area contributed by atoms with Crippen LogP contribution in [-0.4, -0.2) is 23.5 Å². The Morgan fingerprint density at radius 3 is 3.12 bits per heavy atom. The van der Waals surface area contributed by atoms with E-state index in [1.165, 1.54) is 11.3 Å². The molecule has 0 atom stereocenters. The smallest absolute Gasteiger partial charge is 0.339 e. The summed E-state index contributed by atoms with van der Waals surface area (Å²) in [6.07, 6.45) is 2.54. The molecule has 1 heterocycles. The maximum atomic E-state index is 11.7. The zero-order valence-corrected chi connectivity index (χ0v) is 9.84. The lowest BCUT2D eigenvalue weighted by molar-refractivity contribution is 0.0525. The number of carbonyl (C=O) groups is 1. The van der Waals surface area contributed by atoms with Crippen LogP contribution in [0.5, 0.6) is 0 Å². The highest BCUT2D eigenvalue weighted by Crippen LogP contribution is 2.31. The van der Waals surface area contributed by atoms with Crippen LogP contribution in [0.25, 0.3) is 0 Å². The molecule has 1 aliphatic carbocycles. The molecule has 0 radical (unpaired) electrons. The maximum Gasteiger partial charge on any atom is 0.339 e. The molecule has 0 aromatic carbocycles. The molecule has 16 heavy (non-hydrogen) atoms. The van der Waals surface area contributed by atoms with Crippen LogP contribution in [-0.2, 0) is 11.2 Å². The number of hydrogen-bond donors (Lipinski definition) is 1. The molecule has 0 bridgehead atoms. The molecule has 0 unspecified atom stereocenters. The molecular weight excluding hydrogens is 226 g/mol. The molecule has 5 heteroatoms. The fourth-order valence-corrected chi connectivity index (χ4v) is 3.00. The van der Waals surface area contributed by atoms with Crippen LogP contribution in [0.4, 0.5) is 0 Å². The van der Waals surface area contributed by atoms with Crippen LogP contribution in [0.1, 0.15) is 40.6 Å². The molecule has 0 fully saturated rings. The normalized spacial score (nSPS) is 17.2. The molecule has 4 nitrogen and oxygen atoms in total. The number of thiophene rings is 1. The molecule has 1 aliphatic rings. The number of ether oxygens (including phenoxy) is 1. The van der Waals surface area contributed by atoms with E-state index in [1.807, 2.05) is 0 Å². The van der Waals surface area contributed by atoms with Gasteiger partial charge in [0.25, 0.3) is 0 Å². The molecule has 0 spiro atoms. The first-order valence-electron chi connectivity index (χ1n) is 5.26. The Morgan fingerprint density at radius 2 is 2.44 bits per heavy atom. The van der Waals surface area contributed by atoms with Crippen molar-refractivity contribution in [2.45, 2.75) is 26.2 Å². The molecule has 0 aliphatic heterocycles. The van der Waals surface area contributed by atoms with Crippen LogP contribution >= 0.6 is 11.3 Å². The number of rotatable bonds is 2. The standard InChI is InChI=1S/C11H13NO3S/c1-2-15-11(13)8-6-16-10-7(8)4-3-5-9(10)12-14/h6,14H,2-5H2,1H3/b12-9-. The fourth-order valence-electron chi connectivity index (χ4n) is 1.89. The summed E-state index contributed by atoms with van der Waals surface area (Å²) in [7, 11) is 0. The predicted molar refractivity (Wildman–Crippen MR) is 61.5 cm³/mol. The minimum absolute atomic E-state index is 0.279. The van der Waals surface area contributed by atoms with Gasteiger partial charge in [0.15, 0.2) is 0 Å². The highest BCUT2D eigenvalue weighted by molar-refractivity contribution is 7.12. The van der Waals surface area contributed by atoms with E-state index in [9.17, 15) is 4.79 Å². The summed E-state index contributed by atoms with van der Waals surface area (Å²) in [5.74, 6) is -0.279. The Morgan fingerprint density at radius 1 is 1.62 bits per heavy atom. The van der Waals surface area contributed by atoms with Gasteiger partial charge in [-0.1, -0.05) is 5.16 Å².